The van der Waals surface area contributed by atoms with E-state index >= 15 is 0 Å². The zero-order valence-corrected chi connectivity index (χ0v) is 12.5. The van der Waals surface area contributed by atoms with Gasteiger partial charge in [-0.25, -0.2) is 0 Å². The van der Waals surface area contributed by atoms with Gasteiger partial charge >= 0.3 is 0 Å². The van der Waals surface area contributed by atoms with Crippen LogP contribution in [-0.4, -0.2) is 28.6 Å². The maximum absolute atomic E-state index is 6.26. The fourth-order valence-corrected chi connectivity index (χ4v) is 5.13. The Hall–Kier alpha value is 0.460. The van der Waals surface area contributed by atoms with E-state index in [9.17, 15) is 0 Å². The third-order valence-corrected chi connectivity index (χ3v) is 6.32. The summed E-state index contributed by atoms with van der Waals surface area (Å²) in [6.07, 6.45) is 0.828. The number of hydrogen-bond acceptors (Lipinski definition) is 3. The molecule has 2 rings (SSSR count). The van der Waals surface area contributed by atoms with Crippen molar-refractivity contribution in [3.8, 4) is 0 Å². The van der Waals surface area contributed by atoms with Crippen LogP contribution in [0.15, 0.2) is 18.2 Å². The van der Waals surface area contributed by atoms with E-state index in [1.54, 1.807) is 6.07 Å². The number of benzene rings is 1. The van der Waals surface area contributed by atoms with E-state index in [-0.39, 0.29) is 6.04 Å². The Labute approximate surface area is 121 Å². The second-order valence-electron chi connectivity index (χ2n) is 4.09. The van der Waals surface area contributed by atoms with Crippen molar-refractivity contribution in [3.05, 3.63) is 33.8 Å². The smallest absolute Gasteiger partial charge is 0.0453 e. The standard InChI is InChI=1S/C12H15Cl2NS2/c13-9-2-1-8(10(14)6-9)5-11(15)12-7-16-3-4-17-12/h1-2,6,11-12H,3-5,7,15H2. The normalized spacial score (nSPS) is 22.4. The maximum Gasteiger partial charge on any atom is 0.0453 e. The van der Waals surface area contributed by atoms with Crippen LogP contribution < -0.4 is 5.73 Å². The molecule has 0 aliphatic carbocycles. The molecule has 0 amide bonds. The lowest BCUT2D eigenvalue weighted by Gasteiger charge is -2.27. The van der Waals surface area contributed by atoms with Crippen LogP contribution in [-0.2, 0) is 6.42 Å². The molecule has 1 fully saturated rings. The van der Waals surface area contributed by atoms with Gasteiger partial charge in [0, 0.05) is 38.6 Å². The monoisotopic (exact) mass is 307 g/mol. The van der Waals surface area contributed by atoms with Gasteiger partial charge in [0.1, 0.15) is 0 Å². The van der Waals surface area contributed by atoms with Crippen molar-refractivity contribution >= 4 is 46.7 Å². The zero-order chi connectivity index (χ0) is 12.3. The first-order valence-corrected chi connectivity index (χ1v) is 8.51. The number of halogens is 2. The van der Waals surface area contributed by atoms with Crippen LogP contribution in [0.1, 0.15) is 5.56 Å². The van der Waals surface area contributed by atoms with E-state index < -0.39 is 0 Å². The first-order valence-electron chi connectivity index (χ1n) is 5.55. The van der Waals surface area contributed by atoms with Crippen molar-refractivity contribution < 1.29 is 0 Å². The molecule has 1 nitrogen and oxygen atoms in total. The first-order chi connectivity index (χ1) is 8.16. The average molecular weight is 308 g/mol. The molecule has 1 saturated heterocycles. The summed E-state index contributed by atoms with van der Waals surface area (Å²) in [5, 5.41) is 1.94. The van der Waals surface area contributed by atoms with Gasteiger partial charge in [-0.2, -0.15) is 23.5 Å². The lowest BCUT2D eigenvalue weighted by molar-refractivity contribution is 0.664. The molecule has 0 bridgehead atoms. The molecule has 94 valence electrons. The Balaban J connectivity index is 1.99. The minimum Gasteiger partial charge on any atom is -0.326 e. The molecular formula is C12H15Cl2NS2. The summed E-state index contributed by atoms with van der Waals surface area (Å²) in [6, 6.07) is 5.81. The highest BCUT2D eigenvalue weighted by Crippen LogP contribution is 2.28. The molecule has 1 aromatic rings. The molecule has 2 N–H and O–H groups in total. The molecule has 0 spiro atoms. The van der Waals surface area contributed by atoms with Crippen molar-refractivity contribution in [1.82, 2.24) is 0 Å². The SMILES string of the molecule is NC(Cc1ccc(Cl)cc1Cl)C1CSCCS1. The molecule has 0 aromatic heterocycles. The van der Waals surface area contributed by atoms with E-state index in [1.165, 1.54) is 11.5 Å². The average Bonchev–Trinajstić information content (AvgIpc) is 2.34. The number of rotatable bonds is 3. The van der Waals surface area contributed by atoms with Crippen molar-refractivity contribution in [3.63, 3.8) is 0 Å². The maximum atomic E-state index is 6.26. The summed E-state index contributed by atoms with van der Waals surface area (Å²) in [5.74, 6) is 3.60. The van der Waals surface area contributed by atoms with E-state index in [4.69, 9.17) is 28.9 Å². The summed E-state index contributed by atoms with van der Waals surface area (Å²) in [6.45, 7) is 0. The third-order valence-electron chi connectivity index (χ3n) is 2.79. The van der Waals surface area contributed by atoms with Gasteiger partial charge in [-0.15, -0.1) is 0 Å². The van der Waals surface area contributed by atoms with Gasteiger partial charge in [-0.05, 0) is 24.1 Å². The van der Waals surface area contributed by atoms with E-state index in [1.807, 2.05) is 35.7 Å². The van der Waals surface area contributed by atoms with Crippen molar-refractivity contribution in [2.24, 2.45) is 5.73 Å². The highest BCUT2D eigenvalue weighted by molar-refractivity contribution is 8.06. The zero-order valence-electron chi connectivity index (χ0n) is 9.36. The van der Waals surface area contributed by atoms with Crippen LogP contribution in [0.2, 0.25) is 10.0 Å². The van der Waals surface area contributed by atoms with Crippen LogP contribution in [0, 0.1) is 0 Å². The predicted octanol–water partition coefficient (Wildman–Crippen LogP) is 3.71. The predicted molar refractivity (Wildman–Crippen MR) is 81.7 cm³/mol. The van der Waals surface area contributed by atoms with Gasteiger partial charge in [0.15, 0.2) is 0 Å². The summed E-state index contributed by atoms with van der Waals surface area (Å²) < 4.78 is 0. The van der Waals surface area contributed by atoms with Crippen molar-refractivity contribution in [2.45, 2.75) is 17.7 Å². The van der Waals surface area contributed by atoms with Gasteiger partial charge in [0.25, 0.3) is 0 Å². The van der Waals surface area contributed by atoms with E-state index in [2.05, 4.69) is 0 Å². The minimum atomic E-state index is 0.173. The third kappa shape index (κ3) is 3.97. The second-order valence-corrected chi connectivity index (χ2v) is 7.43. The molecule has 1 aliphatic heterocycles. The Morgan fingerprint density at radius 1 is 1.35 bits per heavy atom. The minimum absolute atomic E-state index is 0.173. The van der Waals surface area contributed by atoms with Crippen LogP contribution >= 0.6 is 46.7 Å². The fourth-order valence-electron chi connectivity index (χ4n) is 1.83. The first kappa shape index (κ1) is 13.9. The lowest BCUT2D eigenvalue weighted by Crippen LogP contribution is -2.38. The van der Waals surface area contributed by atoms with Crippen LogP contribution in [0.3, 0.4) is 0 Å². The van der Waals surface area contributed by atoms with Gasteiger partial charge in [0.05, 0.1) is 0 Å². The van der Waals surface area contributed by atoms with Gasteiger partial charge in [-0.1, -0.05) is 29.3 Å². The highest BCUT2D eigenvalue weighted by atomic mass is 35.5. The summed E-state index contributed by atoms with van der Waals surface area (Å²) >= 11 is 16.0. The molecule has 0 radical (unpaired) electrons. The Morgan fingerprint density at radius 3 is 2.82 bits per heavy atom. The lowest BCUT2D eigenvalue weighted by atomic mass is 10.0. The molecular weight excluding hydrogens is 293 g/mol. The Bertz CT molecular complexity index is 381. The molecule has 1 aliphatic rings. The molecule has 1 heterocycles. The fraction of sp³-hybridized carbons (Fsp3) is 0.500. The second kappa shape index (κ2) is 6.58. The van der Waals surface area contributed by atoms with E-state index in [0.29, 0.717) is 10.3 Å². The Kier molecular flexibility index (Phi) is 5.37. The van der Waals surface area contributed by atoms with Crippen molar-refractivity contribution in [2.75, 3.05) is 17.3 Å². The molecule has 0 saturated carbocycles. The summed E-state index contributed by atoms with van der Waals surface area (Å²) in [4.78, 5) is 0. The molecule has 17 heavy (non-hydrogen) atoms. The Morgan fingerprint density at radius 2 is 2.18 bits per heavy atom. The summed E-state index contributed by atoms with van der Waals surface area (Å²) in [5.41, 5.74) is 7.36. The number of hydrogen-bond donors (Lipinski definition) is 1. The van der Waals surface area contributed by atoms with Gasteiger partial charge in [0.2, 0.25) is 0 Å². The van der Waals surface area contributed by atoms with E-state index in [0.717, 1.165) is 22.8 Å². The van der Waals surface area contributed by atoms with Crippen LogP contribution in [0.5, 0.6) is 0 Å². The molecule has 5 heteroatoms. The van der Waals surface area contributed by atoms with Crippen molar-refractivity contribution in [1.29, 1.82) is 0 Å². The van der Waals surface area contributed by atoms with Crippen LogP contribution in [0.25, 0.3) is 0 Å². The highest BCUT2D eigenvalue weighted by Gasteiger charge is 2.22. The summed E-state index contributed by atoms with van der Waals surface area (Å²) in [7, 11) is 0. The topological polar surface area (TPSA) is 26.0 Å². The quantitative estimate of drug-likeness (QED) is 0.922. The number of thioether (sulfide) groups is 2. The van der Waals surface area contributed by atoms with Gasteiger partial charge in [-0.3, -0.25) is 0 Å². The largest absolute Gasteiger partial charge is 0.326 e. The molecule has 2 atom stereocenters. The van der Waals surface area contributed by atoms with Crippen LogP contribution in [0.4, 0.5) is 0 Å². The number of nitrogens with two attached hydrogens (primary N) is 1. The molecule has 2 unspecified atom stereocenters. The molecule has 1 aromatic carbocycles. The van der Waals surface area contributed by atoms with Gasteiger partial charge < -0.3 is 5.73 Å².